The zero-order valence-corrected chi connectivity index (χ0v) is 12.8. The van der Waals surface area contributed by atoms with Crippen LogP contribution in [0.3, 0.4) is 0 Å². The summed E-state index contributed by atoms with van der Waals surface area (Å²) in [5.41, 5.74) is 2.93. The summed E-state index contributed by atoms with van der Waals surface area (Å²) in [6, 6.07) is 11.3. The van der Waals surface area contributed by atoms with E-state index in [0.29, 0.717) is 0 Å². The van der Waals surface area contributed by atoms with Gasteiger partial charge in [0, 0.05) is 6.07 Å². The molecule has 3 nitrogen and oxygen atoms in total. The Morgan fingerprint density at radius 1 is 0.952 bits per heavy atom. The van der Waals surface area contributed by atoms with Gasteiger partial charge >= 0.3 is 0 Å². The molecule has 0 heterocycles. The van der Waals surface area contributed by atoms with Crippen molar-refractivity contribution in [1.82, 2.24) is 0 Å². The predicted molar refractivity (Wildman–Crippen MR) is 84.3 cm³/mol. The lowest BCUT2D eigenvalue weighted by Crippen LogP contribution is -1.96. The molecule has 21 heavy (non-hydrogen) atoms. The topological polar surface area (TPSA) is 49.7 Å². The number of aryl methyl sites for hydroxylation is 2. The quantitative estimate of drug-likeness (QED) is 0.873. The number of rotatable bonds is 5. The molecule has 0 saturated heterocycles. The first-order chi connectivity index (χ1) is 10.0. The molecular weight excluding hydrogens is 264 g/mol. The van der Waals surface area contributed by atoms with Gasteiger partial charge in [-0.05, 0) is 53.6 Å². The lowest BCUT2D eigenvalue weighted by atomic mass is 9.96. The van der Waals surface area contributed by atoms with E-state index in [-0.39, 0.29) is 17.4 Å². The molecule has 0 fully saturated rings. The molecule has 0 spiro atoms. The van der Waals surface area contributed by atoms with Crippen LogP contribution in [0.1, 0.15) is 36.5 Å². The standard InChI is InChI=1S/C18H22O3/c1-12(2)16-10-14(17(19)11-18(16)20)7-4-13-5-8-15(21-3)9-6-13/h5-6,8-12,19-20H,4,7H2,1-3H3. The number of benzene rings is 2. The second-order valence-corrected chi connectivity index (χ2v) is 5.54. The van der Waals surface area contributed by atoms with Gasteiger partial charge in [-0.2, -0.15) is 0 Å². The lowest BCUT2D eigenvalue weighted by Gasteiger charge is -2.13. The van der Waals surface area contributed by atoms with Crippen LogP contribution >= 0.6 is 0 Å². The first-order valence-corrected chi connectivity index (χ1v) is 7.19. The molecule has 0 atom stereocenters. The van der Waals surface area contributed by atoms with Crippen molar-refractivity contribution in [2.45, 2.75) is 32.6 Å². The Bertz CT molecular complexity index is 601. The second kappa shape index (κ2) is 6.53. The highest BCUT2D eigenvalue weighted by atomic mass is 16.5. The molecule has 0 aromatic heterocycles. The Hall–Kier alpha value is -2.16. The second-order valence-electron chi connectivity index (χ2n) is 5.54. The minimum atomic E-state index is 0.158. The fraction of sp³-hybridized carbons (Fsp3) is 0.333. The molecule has 0 bridgehead atoms. The smallest absolute Gasteiger partial charge is 0.122 e. The molecule has 0 amide bonds. The van der Waals surface area contributed by atoms with Crippen molar-refractivity contribution in [1.29, 1.82) is 0 Å². The van der Waals surface area contributed by atoms with E-state index in [1.54, 1.807) is 7.11 Å². The van der Waals surface area contributed by atoms with Crippen molar-refractivity contribution in [3.05, 3.63) is 53.1 Å². The van der Waals surface area contributed by atoms with Crippen LogP contribution < -0.4 is 4.74 Å². The highest BCUT2D eigenvalue weighted by Crippen LogP contribution is 2.32. The largest absolute Gasteiger partial charge is 0.508 e. The van der Waals surface area contributed by atoms with E-state index in [0.717, 1.165) is 29.7 Å². The van der Waals surface area contributed by atoms with E-state index in [2.05, 4.69) is 0 Å². The number of aromatic hydroxyl groups is 2. The summed E-state index contributed by atoms with van der Waals surface area (Å²) >= 11 is 0. The maximum absolute atomic E-state index is 9.98. The molecule has 0 aliphatic rings. The third kappa shape index (κ3) is 3.69. The number of ether oxygens (including phenoxy) is 1. The molecule has 0 saturated carbocycles. The first-order valence-electron chi connectivity index (χ1n) is 7.19. The van der Waals surface area contributed by atoms with Crippen LogP contribution in [0.25, 0.3) is 0 Å². The Kier molecular flexibility index (Phi) is 4.73. The molecule has 0 aliphatic heterocycles. The van der Waals surface area contributed by atoms with Crippen LogP contribution in [0.2, 0.25) is 0 Å². The molecule has 0 aliphatic carbocycles. The molecule has 2 rings (SSSR count). The van der Waals surface area contributed by atoms with Gasteiger partial charge in [-0.25, -0.2) is 0 Å². The Morgan fingerprint density at radius 2 is 1.62 bits per heavy atom. The van der Waals surface area contributed by atoms with Gasteiger partial charge < -0.3 is 14.9 Å². The van der Waals surface area contributed by atoms with Crippen LogP contribution in [0.5, 0.6) is 17.2 Å². The van der Waals surface area contributed by atoms with E-state index in [1.165, 1.54) is 11.6 Å². The Labute approximate surface area is 125 Å². The molecule has 2 aromatic carbocycles. The van der Waals surface area contributed by atoms with Gasteiger partial charge in [0.05, 0.1) is 7.11 Å². The number of hydrogen-bond donors (Lipinski definition) is 2. The number of methoxy groups -OCH3 is 1. The highest BCUT2D eigenvalue weighted by Gasteiger charge is 2.11. The number of phenolic OH excluding ortho intramolecular Hbond substituents is 2. The highest BCUT2D eigenvalue weighted by molar-refractivity contribution is 5.46. The van der Waals surface area contributed by atoms with Gasteiger partial charge in [-0.1, -0.05) is 26.0 Å². The van der Waals surface area contributed by atoms with Crippen LogP contribution in [0.15, 0.2) is 36.4 Å². The molecule has 3 heteroatoms. The minimum absolute atomic E-state index is 0.158. The molecule has 0 unspecified atom stereocenters. The Morgan fingerprint density at radius 3 is 2.19 bits per heavy atom. The van der Waals surface area contributed by atoms with Gasteiger partial charge in [0.15, 0.2) is 0 Å². The maximum atomic E-state index is 9.98. The van der Waals surface area contributed by atoms with Crippen molar-refractivity contribution in [3.8, 4) is 17.2 Å². The SMILES string of the molecule is COc1ccc(CCc2cc(C(C)C)c(O)cc2O)cc1. The van der Waals surface area contributed by atoms with E-state index in [4.69, 9.17) is 4.74 Å². The van der Waals surface area contributed by atoms with Crippen molar-refractivity contribution in [2.24, 2.45) is 0 Å². The van der Waals surface area contributed by atoms with Gasteiger partial charge in [0.25, 0.3) is 0 Å². The van der Waals surface area contributed by atoms with Crippen molar-refractivity contribution >= 4 is 0 Å². The summed E-state index contributed by atoms with van der Waals surface area (Å²) in [5.74, 6) is 1.39. The van der Waals surface area contributed by atoms with Crippen LogP contribution in [0.4, 0.5) is 0 Å². The summed E-state index contributed by atoms with van der Waals surface area (Å²) < 4.78 is 5.14. The summed E-state index contributed by atoms with van der Waals surface area (Å²) in [7, 11) is 1.65. The zero-order chi connectivity index (χ0) is 15.4. The third-order valence-electron chi connectivity index (χ3n) is 3.69. The average molecular weight is 286 g/mol. The number of phenols is 2. The van der Waals surface area contributed by atoms with E-state index in [9.17, 15) is 10.2 Å². The van der Waals surface area contributed by atoms with Gasteiger partial charge in [0.1, 0.15) is 17.2 Å². The molecule has 112 valence electrons. The van der Waals surface area contributed by atoms with Crippen molar-refractivity contribution in [2.75, 3.05) is 7.11 Å². The summed E-state index contributed by atoms with van der Waals surface area (Å²) in [6.07, 6.45) is 1.57. The maximum Gasteiger partial charge on any atom is 0.122 e. The molecular formula is C18H22O3. The van der Waals surface area contributed by atoms with Crippen LogP contribution in [-0.2, 0) is 12.8 Å². The van der Waals surface area contributed by atoms with Gasteiger partial charge in [-0.3, -0.25) is 0 Å². The fourth-order valence-corrected chi connectivity index (χ4v) is 2.38. The van der Waals surface area contributed by atoms with Gasteiger partial charge in [-0.15, -0.1) is 0 Å². The first kappa shape index (κ1) is 15.2. The summed E-state index contributed by atoms with van der Waals surface area (Å²) in [5, 5.41) is 19.8. The predicted octanol–water partition coefficient (Wildman–Crippen LogP) is 4.02. The van der Waals surface area contributed by atoms with E-state index in [1.807, 2.05) is 44.2 Å². The summed E-state index contributed by atoms with van der Waals surface area (Å²) in [6.45, 7) is 4.05. The van der Waals surface area contributed by atoms with E-state index >= 15 is 0 Å². The average Bonchev–Trinajstić information content (AvgIpc) is 2.46. The molecule has 0 radical (unpaired) electrons. The van der Waals surface area contributed by atoms with E-state index < -0.39 is 0 Å². The molecule has 2 N–H and O–H groups in total. The normalized spacial score (nSPS) is 10.9. The van der Waals surface area contributed by atoms with Crippen molar-refractivity contribution in [3.63, 3.8) is 0 Å². The Balaban J connectivity index is 2.13. The monoisotopic (exact) mass is 286 g/mol. The molecule has 2 aromatic rings. The summed E-state index contributed by atoms with van der Waals surface area (Å²) in [4.78, 5) is 0. The minimum Gasteiger partial charge on any atom is -0.508 e. The third-order valence-corrected chi connectivity index (χ3v) is 3.69. The fourth-order valence-electron chi connectivity index (χ4n) is 2.38. The van der Waals surface area contributed by atoms with Crippen molar-refractivity contribution < 1.29 is 14.9 Å². The lowest BCUT2D eigenvalue weighted by molar-refractivity contribution is 0.414. The van der Waals surface area contributed by atoms with Gasteiger partial charge in [0.2, 0.25) is 0 Å². The zero-order valence-electron chi connectivity index (χ0n) is 12.8. The van der Waals surface area contributed by atoms with Crippen LogP contribution in [-0.4, -0.2) is 17.3 Å². The number of hydrogen-bond acceptors (Lipinski definition) is 3. The van der Waals surface area contributed by atoms with Crippen LogP contribution in [0, 0.1) is 0 Å².